The maximum Gasteiger partial charge on any atom is 0.0720 e. The van der Waals surface area contributed by atoms with E-state index in [1.807, 2.05) is 32.9 Å². The zero-order chi connectivity index (χ0) is 23.4. The summed E-state index contributed by atoms with van der Waals surface area (Å²) in [4.78, 5) is 2.40. The molecule has 1 aliphatic rings. The van der Waals surface area contributed by atoms with Crippen molar-refractivity contribution in [2.45, 2.75) is 72.3 Å². The summed E-state index contributed by atoms with van der Waals surface area (Å²) in [5, 5.41) is 0. The molecule has 0 bridgehead atoms. The summed E-state index contributed by atoms with van der Waals surface area (Å²) in [5.41, 5.74) is 2.47. The molecule has 2 aromatic rings. The molecule has 4 nitrogen and oxygen atoms in total. The standard InChI is InChI=1S/C21H27NO2.C5H12O.C2H6/c1-22-13-12-21(24-16-19-10-6-3-7-11-19)14-20(22)17-23-15-18-8-4-2-5-9-18;1-3-5-6-4-2;1-2/h2-11,20-21H,12-17H2,1H3;3-5H2,1-2H3;1-2H3. The van der Waals surface area contributed by atoms with Crippen LogP contribution in [0.15, 0.2) is 60.7 Å². The molecule has 0 amide bonds. The van der Waals surface area contributed by atoms with Gasteiger partial charge in [0.15, 0.2) is 0 Å². The molecule has 2 unspecified atom stereocenters. The number of ether oxygens (including phenoxy) is 3. The Morgan fingerprint density at radius 1 is 0.844 bits per heavy atom. The van der Waals surface area contributed by atoms with E-state index in [1.165, 1.54) is 11.1 Å². The van der Waals surface area contributed by atoms with E-state index in [4.69, 9.17) is 14.2 Å². The lowest BCUT2D eigenvalue weighted by Crippen LogP contribution is -2.45. The van der Waals surface area contributed by atoms with Gasteiger partial charge in [-0.15, -0.1) is 0 Å². The van der Waals surface area contributed by atoms with Crippen LogP contribution in [0.5, 0.6) is 0 Å². The quantitative estimate of drug-likeness (QED) is 0.401. The second-order valence-electron chi connectivity index (χ2n) is 7.78. The van der Waals surface area contributed by atoms with Gasteiger partial charge in [0, 0.05) is 25.8 Å². The van der Waals surface area contributed by atoms with Gasteiger partial charge >= 0.3 is 0 Å². The molecule has 0 spiro atoms. The number of hydrogen-bond donors (Lipinski definition) is 0. The number of benzene rings is 2. The smallest absolute Gasteiger partial charge is 0.0720 e. The van der Waals surface area contributed by atoms with Crippen LogP contribution in [0.25, 0.3) is 0 Å². The van der Waals surface area contributed by atoms with Gasteiger partial charge in [0.1, 0.15) is 0 Å². The molecular weight excluding hydrogens is 398 g/mol. The molecule has 0 saturated carbocycles. The van der Waals surface area contributed by atoms with E-state index in [-0.39, 0.29) is 0 Å². The lowest BCUT2D eigenvalue weighted by molar-refractivity contribution is -0.0400. The summed E-state index contributed by atoms with van der Waals surface area (Å²) in [5.74, 6) is 0. The summed E-state index contributed by atoms with van der Waals surface area (Å²) in [6.07, 6.45) is 3.59. The zero-order valence-corrected chi connectivity index (χ0v) is 21.0. The third-order valence-corrected chi connectivity index (χ3v) is 5.26. The molecule has 0 aliphatic carbocycles. The van der Waals surface area contributed by atoms with Crippen LogP contribution in [0.1, 0.15) is 58.1 Å². The first kappa shape index (κ1) is 28.3. The molecule has 0 radical (unpaired) electrons. The Morgan fingerprint density at radius 2 is 1.44 bits per heavy atom. The van der Waals surface area contributed by atoms with Gasteiger partial charge < -0.3 is 19.1 Å². The Kier molecular flexibility index (Phi) is 16.6. The van der Waals surface area contributed by atoms with Crippen molar-refractivity contribution in [3.05, 3.63) is 71.8 Å². The average Bonchev–Trinajstić information content (AvgIpc) is 2.86. The molecule has 3 rings (SSSR count). The summed E-state index contributed by atoms with van der Waals surface area (Å²) in [6, 6.07) is 21.2. The Bertz CT molecular complexity index is 646. The van der Waals surface area contributed by atoms with Crippen LogP contribution in [-0.2, 0) is 27.4 Å². The molecule has 1 aliphatic heterocycles. The predicted molar refractivity (Wildman–Crippen MR) is 135 cm³/mol. The van der Waals surface area contributed by atoms with Crippen molar-refractivity contribution in [1.82, 2.24) is 4.90 Å². The van der Waals surface area contributed by atoms with Gasteiger partial charge in [-0.3, -0.25) is 0 Å². The van der Waals surface area contributed by atoms with Crippen molar-refractivity contribution in [3.8, 4) is 0 Å². The number of nitrogens with zero attached hydrogens (tertiary/aromatic N) is 1. The SMILES string of the molecule is CC.CCCOCC.CN1CCC(OCc2ccccc2)CC1COCc1ccccc1. The predicted octanol–water partition coefficient (Wildman–Crippen LogP) is 6.34. The highest BCUT2D eigenvalue weighted by Gasteiger charge is 2.26. The lowest BCUT2D eigenvalue weighted by Gasteiger charge is -2.36. The van der Waals surface area contributed by atoms with Gasteiger partial charge in [0.25, 0.3) is 0 Å². The van der Waals surface area contributed by atoms with Gasteiger partial charge in [-0.25, -0.2) is 0 Å². The number of hydrogen-bond acceptors (Lipinski definition) is 4. The zero-order valence-electron chi connectivity index (χ0n) is 21.0. The summed E-state index contributed by atoms with van der Waals surface area (Å²) in [6.45, 7) is 13.1. The highest BCUT2D eigenvalue weighted by molar-refractivity contribution is 5.14. The van der Waals surface area contributed by atoms with Crippen molar-refractivity contribution in [2.75, 3.05) is 33.4 Å². The maximum atomic E-state index is 6.13. The van der Waals surface area contributed by atoms with Crippen molar-refractivity contribution < 1.29 is 14.2 Å². The molecule has 32 heavy (non-hydrogen) atoms. The van der Waals surface area contributed by atoms with Crippen LogP contribution in [0.3, 0.4) is 0 Å². The topological polar surface area (TPSA) is 30.9 Å². The average molecular weight is 444 g/mol. The molecule has 1 saturated heterocycles. The van der Waals surface area contributed by atoms with E-state index in [2.05, 4.69) is 67.4 Å². The first-order chi connectivity index (χ1) is 15.7. The van der Waals surface area contributed by atoms with E-state index in [0.29, 0.717) is 25.4 Å². The molecule has 1 fully saturated rings. The van der Waals surface area contributed by atoms with E-state index in [1.54, 1.807) is 0 Å². The third kappa shape index (κ3) is 12.4. The number of rotatable bonds is 10. The number of likely N-dealkylation sites (N-methyl/N-ethyl adjacent to an activating group) is 1. The Balaban J connectivity index is 0.000000556. The second-order valence-corrected chi connectivity index (χ2v) is 7.78. The molecular formula is C28H45NO3. The van der Waals surface area contributed by atoms with Crippen LogP contribution in [0.2, 0.25) is 0 Å². The Hall–Kier alpha value is -1.72. The van der Waals surface area contributed by atoms with E-state index in [9.17, 15) is 0 Å². The van der Waals surface area contributed by atoms with Crippen LogP contribution in [0.4, 0.5) is 0 Å². The van der Waals surface area contributed by atoms with E-state index >= 15 is 0 Å². The number of likely N-dealkylation sites (tertiary alicyclic amines) is 1. The first-order valence-corrected chi connectivity index (χ1v) is 12.3. The molecule has 2 atom stereocenters. The molecule has 1 heterocycles. The summed E-state index contributed by atoms with van der Waals surface area (Å²) >= 11 is 0. The van der Waals surface area contributed by atoms with Crippen molar-refractivity contribution in [3.63, 3.8) is 0 Å². The molecule has 180 valence electrons. The maximum absolute atomic E-state index is 6.13. The van der Waals surface area contributed by atoms with E-state index in [0.717, 1.165) is 45.6 Å². The molecule has 0 aromatic heterocycles. The Morgan fingerprint density at radius 3 is 1.97 bits per heavy atom. The highest BCUT2D eigenvalue weighted by Crippen LogP contribution is 2.20. The first-order valence-electron chi connectivity index (χ1n) is 12.3. The minimum Gasteiger partial charge on any atom is -0.382 e. The number of piperidine rings is 1. The van der Waals surface area contributed by atoms with Crippen molar-refractivity contribution in [2.24, 2.45) is 0 Å². The Labute approximate surface area is 196 Å². The third-order valence-electron chi connectivity index (χ3n) is 5.26. The highest BCUT2D eigenvalue weighted by atomic mass is 16.5. The van der Waals surface area contributed by atoms with Gasteiger partial charge in [0.05, 0.1) is 25.9 Å². The molecule has 0 N–H and O–H groups in total. The van der Waals surface area contributed by atoms with E-state index < -0.39 is 0 Å². The van der Waals surface area contributed by atoms with Gasteiger partial charge in [0.2, 0.25) is 0 Å². The summed E-state index contributed by atoms with van der Waals surface area (Å²) in [7, 11) is 2.18. The fourth-order valence-electron chi connectivity index (χ4n) is 3.44. The fourth-order valence-corrected chi connectivity index (χ4v) is 3.44. The normalized spacial score (nSPS) is 18.2. The minimum absolute atomic E-state index is 0.326. The van der Waals surface area contributed by atoms with Crippen LogP contribution in [0, 0.1) is 0 Å². The fraction of sp³-hybridized carbons (Fsp3) is 0.571. The second kappa shape index (κ2) is 18.8. The summed E-state index contributed by atoms with van der Waals surface area (Å²) < 4.78 is 17.1. The van der Waals surface area contributed by atoms with Gasteiger partial charge in [-0.1, -0.05) is 81.4 Å². The largest absolute Gasteiger partial charge is 0.382 e. The van der Waals surface area contributed by atoms with Crippen LogP contribution >= 0.6 is 0 Å². The monoisotopic (exact) mass is 443 g/mol. The van der Waals surface area contributed by atoms with Crippen molar-refractivity contribution >= 4 is 0 Å². The van der Waals surface area contributed by atoms with Crippen molar-refractivity contribution in [1.29, 1.82) is 0 Å². The molecule has 4 heteroatoms. The van der Waals surface area contributed by atoms with Gasteiger partial charge in [-0.2, -0.15) is 0 Å². The minimum atomic E-state index is 0.326. The van der Waals surface area contributed by atoms with Crippen LogP contribution < -0.4 is 0 Å². The lowest BCUT2D eigenvalue weighted by atomic mass is 10.0. The molecule has 2 aromatic carbocycles. The van der Waals surface area contributed by atoms with Crippen LogP contribution in [-0.4, -0.2) is 50.5 Å². The van der Waals surface area contributed by atoms with Gasteiger partial charge in [-0.05, 0) is 44.4 Å².